The molecule has 1 atom stereocenters. The van der Waals surface area contributed by atoms with Gasteiger partial charge in [0.15, 0.2) is 0 Å². The molecule has 13 rings (SSSR count). The molecular formula is C67H63BN2O. The van der Waals surface area contributed by atoms with E-state index >= 15 is 0 Å². The third-order valence-electron chi connectivity index (χ3n) is 15.6. The van der Waals surface area contributed by atoms with Crippen LogP contribution in [0.5, 0.6) is 0 Å². The van der Waals surface area contributed by atoms with Crippen LogP contribution in [0.2, 0.25) is 0 Å². The number of hydrogen-bond donors (Lipinski definition) is 0. The predicted octanol–water partition coefficient (Wildman–Crippen LogP) is 17.0. The van der Waals surface area contributed by atoms with Gasteiger partial charge in [0.25, 0.3) is 0 Å². The summed E-state index contributed by atoms with van der Waals surface area (Å²) in [4.78, 5) is 2.31. The summed E-state index contributed by atoms with van der Waals surface area (Å²) in [5.41, 5.74) is 16.9. The Balaban J connectivity index is 1.21. The van der Waals surface area contributed by atoms with Crippen LogP contribution in [-0.2, 0) is 21.7 Å². The highest BCUT2D eigenvalue weighted by Gasteiger charge is 2.48. The monoisotopic (exact) mass is 933 g/mol. The molecule has 3 aliphatic rings. The average molecular weight is 933 g/mol. The van der Waals surface area contributed by atoms with Crippen LogP contribution in [0.1, 0.15) is 142 Å². The van der Waals surface area contributed by atoms with Crippen LogP contribution in [-0.4, -0.2) is 11.3 Å². The van der Waals surface area contributed by atoms with E-state index in [1.165, 1.54) is 5.56 Å². The number of fused-ring (bicyclic) bond motifs is 13. The molecule has 10 aromatic rings. The summed E-state index contributed by atoms with van der Waals surface area (Å²) in [6, 6.07) is 31.0. The molecule has 0 spiro atoms. The molecule has 4 heterocycles. The Morgan fingerprint density at radius 2 is 1.14 bits per heavy atom. The van der Waals surface area contributed by atoms with Crippen molar-refractivity contribution in [1.82, 2.24) is 4.48 Å². The minimum atomic E-state index is -0.729. The van der Waals surface area contributed by atoms with E-state index in [-0.39, 0.29) is 69.0 Å². The summed E-state index contributed by atoms with van der Waals surface area (Å²) >= 11 is 0. The molecule has 0 saturated carbocycles. The van der Waals surface area contributed by atoms with Gasteiger partial charge in [-0.3, -0.25) is 0 Å². The molecule has 3 nitrogen and oxygen atoms in total. The Hall–Kier alpha value is -7.04. The van der Waals surface area contributed by atoms with E-state index in [9.17, 15) is 2.74 Å². The van der Waals surface area contributed by atoms with Crippen molar-refractivity contribution in [3.05, 3.63) is 196 Å². The van der Waals surface area contributed by atoms with Gasteiger partial charge in [-0.2, -0.15) is 0 Å². The summed E-state index contributed by atoms with van der Waals surface area (Å²) in [6.45, 7) is 26.0. The maximum Gasteiger partial charge on any atom is 0.375 e. The first-order chi connectivity index (χ1) is 37.9. The normalized spacial score (nSPS) is 17.1. The first-order valence-electron chi connectivity index (χ1n) is 30.0. The van der Waals surface area contributed by atoms with E-state index in [2.05, 4.69) is 171 Å². The second-order valence-corrected chi connectivity index (χ2v) is 24.3. The van der Waals surface area contributed by atoms with E-state index in [4.69, 9.17) is 15.4 Å². The molecule has 0 bridgehead atoms. The van der Waals surface area contributed by atoms with Gasteiger partial charge in [-0.15, -0.1) is 0 Å². The Bertz CT molecular complexity index is 4410. The van der Waals surface area contributed by atoms with Gasteiger partial charge in [-0.1, -0.05) is 192 Å². The Morgan fingerprint density at radius 1 is 0.521 bits per heavy atom. The zero-order valence-electron chi connectivity index (χ0n) is 52.7. The van der Waals surface area contributed by atoms with E-state index in [1.54, 1.807) is 6.07 Å². The van der Waals surface area contributed by atoms with Crippen LogP contribution >= 0.6 is 0 Å². The number of hydrogen-bond acceptors (Lipinski definition) is 2. The number of furan rings is 1. The molecule has 2 aromatic heterocycles. The first-order valence-corrected chi connectivity index (χ1v) is 25.0. The lowest BCUT2D eigenvalue weighted by molar-refractivity contribution is 0.589. The Morgan fingerprint density at radius 3 is 1.82 bits per heavy atom. The second kappa shape index (κ2) is 14.8. The van der Waals surface area contributed by atoms with Gasteiger partial charge in [-0.25, -0.2) is 0 Å². The molecule has 350 valence electrons. The number of benzene rings is 8. The van der Waals surface area contributed by atoms with E-state index < -0.39 is 36.9 Å². The van der Waals surface area contributed by atoms with Crippen molar-refractivity contribution in [2.24, 2.45) is 0 Å². The van der Waals surface area contributed by atoms with Gasteiger partial charge in [0.05, 0.1) is 19.4 Å². The third kappa shape index (κ3) is 6.49. The van der Waals surface area contributed by atoms with Gasteiger partial charge < -0.3 is 13.8 Å². The van der Waals surface area contributed by atoms with Crippen LogP contribution in [0.4, 0.5) is 17.1 Å². The van der Waals surface area contributed by atoms with Crippen LogP contribution in [0.15, 0.2) is 162 Å². The zero-order chi connectivity index (χ0) is 58.0. The molecule has 8 aromatic carbocycles. The number of aromatic nitrogens is 1. The van der Waals surface area contributed by atoms with E-state index in [0.717, 1.165) is 94.4 Å². The molecule has 0 radical (unpaired) electrons. The van der Waals surface area contributed by atoms with Crippen LogP contribution in [0.25, 0.3) is 66.2 Å². The van der Waals surface area contributed by atoms with Crippen molar-refractivity contribution >= 4 is 67.8 Å². The molecule has 2 aliphatic heterocycles. The molecular weight excluding hydrogens is 860 g/mol. The molecule has 4 heteroatoms. The lowest BCUT2D eigenvalue weighted by atomic mass is 9.47. The fourth-order valence-corrected chi connectivity index (χ4v) is 11.8. The summed E-state index contributed by atoms with van der Waals surface area (Å²) in [5, 5.41) is 2.63. The van der Waals surface area contributed by atoms with Crippen LogP contribution in [0.3, 0.4) is 0 Å². The van der Waals surface area contributed by atoms with Gasteiger partial charge in [0, 0.05) is 50.0 Å². The van der Waals surface area contributed by atoms with Gasteiger partial charge in [0.1, 0.15) is 11.2 Å². The maximum absolute atomic E-state index is 9.60. The van der Waals surface area contributed by atoms with Crippen molar-refractivity contribution in [3.8, 4) is 33.4 Å². The summed E-state index contributed by atoms with van der Waals surface area (Å²) in [7, 11) is 0. The predicted molar refractivity (Wildman–Crippen MR) is 303 cm³/mol. The SMILES string of the molecule is [2H]c1c([2H])c([2H])c(-c2ccc3oc4c(c3c2)N(c2ccc(C(C)(C)C)cc2)c2cc(C(C)(C)C)cc3c2B4n2c4ccc5c(c4c4cc(C(C)(C)C)cc-3c42)C(c2c([2H])c([2H])c([2H])c([2H])c2[2H])c2ccc(C(C)(C)C)cc2-5)c([2H])c1[2H]. The average Bonchev–Trinajstić information content (AvgIpc) is 4.29. The lowest BCUT2D eigenvalue weighted by Gasteiger charge is -2.40. The molecule has 1 unspecified atom stereocenters. The van der Waals surface area contributed by atoms with E-state index in [1.807, 2.05) is 12.1 Å². The largest absolute Gasteiger partial charge is 0.466 e. The number of anilines is 3. The van der Waals surface area contributed by atoms with Gasteiger partial charge in [0.2, 0.25) is 0 Å². The smallest absolute Gasteiger partial charge is 0.375 e. The van der Waals surface area contributed by atoms with Crippen molar-refractivity contribution < 1.29 is 18.1 Å². The lowest BCUT2D eigenvalue weighted by Crippen LogP contribution is -2.56. The maximum atomic E-state index is 9.60. The molecule has 71 heavy (non-hydrogen) atoms. The summed E-state index contributed by atoms with van der Waals surface area (Å²) in [5.74, 6) is -0.729. The highest BCUT2D eigenvalue weighted by Crippen LogP contribution is 2.56. The Kier molecular flexibility index (Phi) is 7.14. The first kappa shape index (κ1) is 34.3. The highest BCUT2D eigenvalue weighted by atomic mass is 16.3. The Labute approximate surface area is 434 Å². The molecule has 1 aliphatic carbocycles. The highest BCUT2D eigenvalue weighted by molar-refractivity contribution is 6.89. The minimum Gasteiger partial charge on any atom is -0.466 e. The molecule has 0 amide bonds. The third-order valence-corrected chi connectivity index (χ3v) is 15.6. The molecule has 0 saturated heterocycles. The van der Waals surface area contributed by atoms with Crippen molar-refractivity contribution in [2.75, 3.05) is 4.90 Å². The standard InChI is InChI=1S/C67H63BN2O/c1-64(2,3)42-24-27-46(28-25-42)69-55-38-45(67(10,11)12)35-50-51-36-44(66(7,8)9)37-53-58-54(31-30-48-49-34-43(65(4,5)6)26-29-47(49)57(59(48)58)40-21-17-14-18-22-40)70(61(51)53)68(60(50)55)63-62(69)52-33-41(23-32-56(52)71-63)39-19-15-13-16-20-39/h13-38,57H,1-12H3/i13D,14D,15D,16D,17D,18D,19D,20D,21D,22D. The number of rotatable bonds is 3. The molecule has 0 fully saturated rings. The minimum absolute atomic E-state index is 0.102. The summed E-state index contributed by atoms with van der Waals surface area (Å²) in [6.07, 6.45) is 0. The quantitative estimate of drug-likeness (QED) is 0.165. The molecule has 0 N–H and O–H groups in total. The van der Waals surface area contributed by atoms with Crippen LogP contribution < -0.4 is 16.0 Å². The van der Waals surface area contributed by atoms with Gasteiger partial charge >= 0.3 is 6.85 Å². The summed E-state index contributed by atoms with van der Waals surface area (Å²) < 4.78 is 99.7. The zero-order valence-corrected chi connectivity index (χ0v) is 42.7. The second-order valence-electron chi connectivity index (χ2n) is 24.3. The topological polar surface area (TPSA) is 21.3 Å². The van der Waals surface area contributed by atoms with Crippen molar-refractivity contribution in [1.29, 1.82) is 0 Å². The fourth-order valence-electron chi connectivity index (χ4n) is 11.8. The fraction of sp³-hybridized carbons (Fsp3) is 0.254. The number of nitrogens with zero attached hydrogens (tertiary/aromatic N) is 2. The van der Waals surface area contributed by atoms with Crippen molar-refractivity contribution in [3.63, 3.8) is 0 Å². The van der Waals surface area contributed by atoms with Gasteiger partial charge in [-0.05, 0) is 142 Å². The van der Waals surface area contributed by atoms with Crippen molar-refractivity contribution in [2.45, 2.75) is 111 Å². The van der Waals surface area contributed by atoms with Crippen LogP contribution in [0, 0.1) is 0 Å². The van der Waals surface area contributed by atoms with E-state index in [0.29, 0.717) is 22.2 Å².